The number of aromatic nitrogens is 4. The van der Waals surface area contributed by atoms with Gasteiger partial charge in [0.25, 0.3) is 0 Å². The summed E-state index contributed by atoms with van der Waals surface area (Å²) >= 11 is 1.43. The van der Waals surface area contributed by atoms with Crippen molar-refractivity contribution in [2.75, 3.05) is 4.72 Å². The number of carbonyl (C=O) groups is 1. The zero-order valence-corrected chi connectivity index (χ0v) is 19.7. The number of rotatable bonds is 7. The average molecular weight is 492 g/mol. The van der Waals surface area contributed by atoms with Crippen LogP contribution in [0.3, 0.4) is 0 Å². The van der Waals surface area contributed by atoms with Crippen LogP contribution in [0.25, 0.3) is 22.2 Å². The maximum atomic E-state index is 15.3. The molecule has 2 N–H and O–H groups in total. The molecule has 4 aromatic rings. The van der Waals surface area contributed by atoms with Crippen LogP contribution in [0.4, 0.5) is 14.5 Å². The third-order valence-corrected chi connectivity index (χ3v) is 7.82. The summed E-state index contributed by atoms with van der Waals surface area (Å²) in [4.78, 5) is 29.6. The molecule has 2 saturated carbocycles. The number of nitrogens with one attached hydrogen (secondary N) is 2. The van der Waals surface area contributed by atoms with Gasteiger partial charge in [-0.2, -0.15) is 0 Å². The van der Waals surface area contributed by atoms with Gasteiger partial charge in [-0.05, 0) is 55.8 Å². The molecule has 2 fully saturated rings. The van der Waals surface area contributed by atoms with Gasteiger partial charge in [-0.3, -0.25) is 4.79 Å². The van der Waals surface area contributed by atoms with Crippen molar-refractivity contribution in [3.63, 3.8) is 0 Å². The van der Waals surface area contributed by atoms with Gasteiger partial charge in [-0.15, -0.1) is 0 Å². The van der Waals surface area contributed by atoms with E-state index in [-0.39, 0.29) is 11.3 Å². The van der Waals surface area contributed by atoms with E-state index in [4.69, 9.17) is 0 Å². The maximum Gasteiger partial charge on any atom is 0.201 e. The van der Waals surface area contributed by atoms with Crippen LogP contribution in [-0.4, -0.2) is 31.0 Å². The van der Waals surface area contributed by atoms with Crippen LogP contribution in [0.2, 0.25) is 0 Å². The van der Waals surface area contributed by atoms with Crippen LogP contribution in [0.15, 0.2) is 43.0 Å². The maximum absolute atomic E-state index is 15.3. The smallest absolute Gasteiger partial charge is 0.201 e. The molecule has 0 unspecified atom stereocenters. The predicted octanol–water partition coefficient (Wildman–Crippen LogP) is 6.41. The van der Waals surface area contributed by atoms with Crippen molar-refractivity contribution in [1.29, 1.82) is 0 Å². The zero-order chi connectivity index (χ0) is 23.9. The largest absolute Gasteiger partial charge is 0.345 e. The van der Waals surface area contributed by atoms with Crippen LogP contribution >= 0.6 is 11.9 Å². The van der Waals surface area contributed by atoms with Gasteiger partial charge < -0.3 is 9.71 Å². The third-order valence-electron chi connectivity index (χ3n) is 6.68. The summed E-state index contributed by atoms with van der Waals surface area (Å²) in [6, 6.07) is 4.24. The highest BCUT2D eigenvalue weighted by atomic mass is 32.2. The molecule has 35 heavy (non-hydrogen) atoms. The van der Waals surface area contributed by atoms with Crippen molar-refractivity contribution < 1.29 is 13.6 Å². The molecule has 0 aliphatic heterocycles. The van der Waals surface area contributed by atoms with Gasteiger partial charge in [-0.1, -0.05) is 12.8 Å². The molecule has 3 heterocycles. The number of fused-ring (bicyclic) bond motifs is 1. The average Bonchev–Trinajstić information content (AvgIpc) is 3.42. The molecule has 0 saturated heterocycles. The molecule has 0 atom stereocenters. The highest BCUT2D eigenvalue weighted by molar-refractivity contribution is 8.01. The van der Waals surface area contributed by atoms with E-state index in [0.717, 1.165) is 61.5 Å². The van der Waals surface area contributed by atoms with Gasteiger partial charge in [0, 0.05) is 58.0 Å². The summed E-state index contributed by atoms with van der Waals surface area (Å²) < 4.78 is 33.0. The summed E-state index contributed by atoms with van der Waals surface area (Å²) in [5, 5.41) is 0.871. The minimum atomic E-state index is -0.897. The molecule has 0 radical (unpaired) electrons. The molecule has 6 nitrogen and oxygen atoms in total. The number of ketones is 1. The highest BCUT2D eigenvalue weighted by Gasteiger charge is 2.27. The van der Waals surface area contributed by atoms with E-state index in [1.54, 1.807) is 24.7 Å². The highest BCUT2D eigenvalue weighted by Crippen LogP contribution is 2.38. The number of pyridine rings is 1. The van der Waals surface area contributed by atoms with Crippen molar-refractivity contribution in [3.05, 3.63) is 71.6 Å². The lowest BCUT2D eigenvalue weighted by atomic mass is 10.0. The second kappa shape index (κ2) is 9.03. The Kier molecular flexibility index (Phi) is 5.72. The summed E-state index contributed by atoms with van der Waals surface area (Å²) in [6.45, 7) is 0. The Morgan fingerprint density at radius 3 is 2.49 bits per heavy atom. The van der Waals surface area contributed by atoms with E-state index >= 15 is 4.39 Å². The molecule has 0 spiro atoms. The van der Waals surface area contributed by atoms with Crippen LogP contribution in [-0.2, 0) is 0 Å². The second-order valence-electron chi connectivity index (χ2n) is 9.17. The van der Waals surface area contributed by atoms with Crippen molar-refractivity contribution in [2.45, 2.75) is 49.7 Å². The summed E-state index contributed by atoms with van der Waals surface area (Å²) in [7, 11) is 0. The lowest BCUT2D eigenvalue weighted by Crippen LogP contribution is -2.10. The van der Waals surface area contributed by atoms with E-state index in [0.29, 0.717) is 22.2 Å². The number of anilines is 1. The monoisotopic (exact) mass is 491 g/mol. The van der Waals surface area contributed by atoms with Gasteiger partial charge in [0.2, 0.25) is 5.78 Å². The first-order chi connectivity index (χ1) is 17.1. The molecule has 0 amide bonds. The Balaban J connectivity index is 1.32. The van der Waals surface area contributed by atoms with Crippen LogP contribution in [0.1, 0.15) is 66.2 Å². The first-order valence-corrected chi connectivity index (χ1v) is 12.7. The van der Waals surface area contributed by atoms with Gasteiger partial charge in [0.15, 0.2) is 5.82 Å². The molecule has 2 aliphatic carbocycles. The Bertz CT molecular complexity index is 1410. The molecular weight excluding hydrogens is 468 g/mol. The number of aromatic amines is 1. The number of H-pyrrole nitrogens is 1. The van der Waals surface area contributed by atoms with Gasteiger partial charge >= 0.3 is 0 Å². The first-order valence-electron chi connectivity index (χ1n) is 11.8. The number of halogens is 2. The summed E-state index contributed by atoms with van der Waals surface area (Å²) in [6.07, 6.45) is 13.3. The SMILES string of the molecule is O=C(c1c(F)ccc(NSC2CCCC2)c1F)c1c[nH]c2ncc(-c3cnc(C4CC4)nc3)cc12. The van der Waals surface area contributed by atoms with E-state index < -0.39 is 23.0 Å². The minimum absolute atomic E-state index is 0.109. The number of carbonyl (C=O) groups excluding carboxylic acids is 1. The molecule has 6 rings (SSSR count). The van der Waals surface area contributed by atoms with E-state index in [1.807, 2.05) is 0 Å². The standard InChI is InChI=1S/C26H23F2N5OS/c27-20-7-8-21(33-35-17-3-1-2-4-17)23(28)22(20)24(34)19-13-32-26-18(19)9-15(10-31-26)16-11-29-25(30-12-16)14-5-6-14/h7-14,17,33H,1-6H2,(H,31,32). The predicted molar refractivity (Wildman–Crippen MR) is 132 cm³/mol. The fourth-order valence-corrected chi connectivity index (χ4v) is 5.54. The first kappa shape index (κ1) is 22.2. The molecule has 2 aliphatic rings. The summed E-state index contributed by atoms with van der Waals surface area (Å²) in [5.74, 6) is -1.23. The van der Waals surface area contributed by atoms with E-state index in [2.05, 4.69) is 24.7 Å². The van der Waals surface area contributed by atoms with Gasteiger partial charge in [-0.25, -0.2) is 23.7 Å². The number of nitrogens with zero attached hydrogens (tertiary/aromatic N) is 3. The zero-order valence-electron chi connectivity index (χ0n) is 18.9. The molecule has 9 heteroatoms. The lowest BCUT2D eigenvalue weighted by molar-refractivity contribution is 0.103. The Hall–Kier alpha value is -3.33. The molecule has 3 aromatic heterocycles. The quantitative estimate of drug-likeness (QED) is 0.230. The number of hydrogen-bond donors (Lipinski definition) is 2. The summed E-state index contributed by atoms with van der Waals surface area (Å²) in [5.41, 5.74) is 1.63. The minimum Gasteiger partial charge on any atom is -0.345 e. The van der Waals surface area contributed by atoms with Gasteiger partial charge in [0.05, 0.1) is 11.3 Å². The fraction of sp³-hybridized carbons (Fsp3) is 0.308. The fourth-order valence-electron chi connectivity index (χ4n) is 4.52. The Morgan fingerprint density at radius 1 is 1.00 bits per heavy atom. The molecule has 178 valence electrons. The molecule has 0 bridgehead atoms. The third kappa shape index (κ3) is 4.29. The van der Waals surface area contributed by atoms with Gasteiger partial charge in [0.1, 0.15) is 17.3 Å². The lowest BCUT2D eigenvalue weighted by Gasteiger charge is -2.13. The van der Waals surface area contributed by atoms with E-state index in [9.17, 15) is 9.18 Å². The van der Waals surface area contributed by atoms with Crippen molar-refractivity contribution in [2.24, 2.45) is 0 Å². The Labute approximate surface area is 205 Å². The van der Waals surface area contributed by atoms with Crippen molar-refractivity contribution in [1.82, 2.24) is 19.9 Å². The normalized spacial score (nSPS) is 16.2. The Morgan fingerprint density at radius 2 is 1.74 bits per heavy atom. The van der Waals surface area contributed by atoms with Crippen LogP contribution in [0, 0.1) is 11.6 Å². The molecular formula is C26H23F2N5OS. The van der Waals surface area contributed by atoms with Crippen LogP contribution in [0.5, 0.6) is 0 Å². The molecule has 1 aromatic carbocycles. The topological polar surface area (TPSA) is 83.6 Å². The van der Waals surface area contributed by atoms with E-state index in [1.165, 1.54) is 24.2 Å². The van der Waals surface area contributed by atoms with Crippen molar-refractivity contribution >= 4 is 34.5 Å². The number of benzene rings is 1. The van der Waals surface area contributed by atoms with Crippen LogP contribution < -0.4 is 4.72 Å². The van der Waals surface area contributed by atoms with Crippen molar-refractivity contribution in [3.8, 4) is 11.1 Å². The number of hydrogen-bond acceptors (Lipinski definition) is 6. The second-order valence-corrected chi connectivity index (χ2v) is 10.3.